The van der Waals surface area contributed by atoms with E-state index in [4.69, 9.17) is 0 Å². The fraction of sp³-hybridized carbons (Fsp3) is 0.533. The van der Waals surface area contributed by atoms with Crippen molar-refractivity contribution in [1.82, 2.24) is 4.90 Å². The number of likely N-dealkylation sites (tertiary alicyclic amines) is 1. The molecule has 2 rings (SSSR count). The molecule has 1 aromatic rings. The topological polar surface area (TPSA) is 32.3 Å². The van der Waals surface area contributed by atoms with Crippen molar-refractivity contribution in [2.45, 2.75) is 39.2 Å². The standard InChI is InChI=1S/C15H21FN2O/c1-11-6-7-13(16)10-14(11)17-15(19)12(2)18-8-4-3-5-9-18/h6-7,10,12H,3-5,8-9H2,1-2H3,(H,17,19)/t12-/m0/s1. The summed E-state index contributed by atoms with van der Waals surface area (Å²) in [4.78, 5) is 14.4. The fourth-order valence-corrected chi connectivity index (χ4v) is 2.44. The molecular weight excluding hydrogens is 243 g/mol. The highest BCUT2D eigenvalue weighted by atomic mass is 19.1. The number of hydrogen-bond acceptors (Lipinski definition) is 2. The Morgan fingerprint density at radius 2 is 2.00 bits per heavy atom. The third-order valence-corrected chi connectivity index (χ3v) is 3.78. The van der Waals surface area contributed by atoms with Crippen molar-refractivity contribution in [2.24, 2.45) is 0 Å². The molecule has 0 aliphatic carbocycles. The number of anilines is 1. The van der Waals surface area contributed by atoms with Gasteiger partial charge in [0, 0.05) is 5.69 Å². The maximum atomic E-state index is 13.2. The second-order valence-electron chi connectivity index (χ2n) is 5.22. The molecule has 1 N–H and O–H groups in total. The molecule has 3 nitrogen and oxygen atoms in total. The van der Waals surface area contributed by atoms with Crippen LogP contribution in [-0.2, 0) is 4.79 Å². The Hall–Kier alpha value is -1.42. The normalized spacial score (nSPS) is 18.1. The predicted molar refractivity (Wildman–Crippen MR) is 74.7 cm³/mol. The number of aryl methyl sites for hydroxylation is 1. The third kappa shape index (κ3) is 3.53. The van der Waals surface area contributed by atoms with Crippen molar-refractivity contribution in [3.8, 4) is 0 Å². The van der Waals surface area contributed by atoms with E-state index in [0.717, 1.165) is 31.5 Å². The van der Waals surface area contributed by atoms with Gasteiger partial charge in [-0.2, -0.15) is 0 Å². The van der Waals surface area contributed by atoms with Crippen LogP contribution in [0.2, 0.25) is 0 Å². The van der Waals surface area contributed by atoms with Gasteiger partial charge in [0.15, 0.2) is 0 Å². The number of hydrogen-bond donors (Lipinski definition) is 1. The Morgan fingerprint density at radius 3 is 2.68 bits per heavy atom. The second kappa shape index (κ2) is 6.15. The van der Waals surface area contributed by atoms with E-state index in [1.54, 1.807) is 6.07 Å². The van der Waals surface area contributed by atoms with Crippen LogP contribution in [0.25, 0.3) is 0 Å². The molecule has 0 radical (unpaired) electrons. The number of nitrogens with zero attached hydrogens (tertiary/aromatic N) is 1. The molecule has 1 aromatic carbocycles. The van der Waals surface area contributed by atoms with Crippen LogP contribution in [0.1, 0.15) is 31.7 Å². The largest absolute Gasteiger partial charge is 0.324 e. The van der Waals surface area contributed by atoms with Gasteiger partial charge in [0.25, 0.3) is 0 Å². The average molecular weight is 264 g/mol. The monoisotopic (exact) mass is 264 g/mol. The third-order valence-electron chi connectivity index (χ3n) is 3.78. The van der Waals surface area contributed by atoms with Crippen LogP contribution in [0, 0.1) is 12.7 Å². The lowest BCUT2D eigenvalue weighted by Gasteiger charge is -2.31. The first-order chi connectivity index (χ1) is 9.08. The van der Waals surface area contributed by atoms with Crippen LogP contribution in [0.4, 0.5) is 10.1 Å². The summed E-state index contributed by atoms with van der Waals surface area (Å²) in [6, 6.07) is 4.29. The summed E-state index contributed by atoms with van der Waals surface area (Å²) in [5.41, 5.74) is 1.44. The van der Waals surface area contributed by atoms with Gasteiger partial charge in [0.1, 0.15) is 5.82 Å². The molecule has 4 heteroatoms. The van der Waals surface area contributed by atoms with Gasteiger partial charge in [0.05, 0.1) is 6.04 Å². The van der Waals surface area contributed by atoms with E-state index >= 15 is 0 Å². The van der Waals surface area contributed by atoms with Crippen molar-refractivity contribution in [3.05, 3.63) is 29.6 Å². The first kappa shape index (κ1) is 14.0. The van der Waals surface area contributed by atoms with Crippen LogP contribution in [0.3, 0.4) is 0 Å². The number of halogens is 1. The zero-order chi connectivity index (χ0) is 13.8. The van der Waals surface area contributed by atoms with Gasteiger partial charge in [-0.15, -0.1) is 0 Å². The molecule has 1 saturated heterocycles. The van der Waals surface area contributed by atoms with Crippen LogP contribution < -0.4 is 5.32 Å². The van der Waals surface area contributed by atoms with Gasteiger partial charge in [0.2, 0.25) is 5.91 Å². The quantitative estimate of drug-likeness (QED) is 0.910. The first-order valence-electron chi connectivity index (χ1n) is 6.89. The summed E-state index contributed by atoms with van der Waals surface area (Å²) in [7, 11) is 0. The SMILES string of the molecule is Cc1ccc(F)cc1NC(=O)[C@H](C)N1CCCCC1. The van der Waals surface area contributed by atoms with Gasteiger partial charge in [-0.1, -0.05) is 12.5 Å². The summed E-state index contributed by atoms with van der Waals surface area (Å²) < 4.78 is 13.2. The maximum absolute atomic E-state index is 13.2. The Kier molecular flexibility index (Phi) is 4.53. The molecule has 0 saturated carbocycles. The Balaban J connectivity index is 2.01. The molecule has 0 bridgehead atoms. The molecular formula is C15H21FN2O. The highest BCUT2D eigenvalue weighted by Crippen LogP contribution is 2.18. The van der Waals surface area contributed by atoms with Gasteiger partial charge in [-0.3, -0.25) is 9.69 Å². The number of benzene rings is 1. The number of rotatable bonds is 3. The van der Waals surface area contributed by atoms with Crippen molar-refractivity contribution >= 4 is 11.6 Å². The lowest BCUT2D eigenvalue weighted by molar-refractivity contribution is -0.121. The van der Waals surface area contributed by atoms with Crippen LogP contribution in [0.5, 0.6) is 0 Å². The molecule has 1 atom stereocenters. The summed E-state index contributed by atoms with van der Waals surface area (Å²) >= 11 is 0. The highest BCUT2D eigenvalue weighted by Gasteiger charge is 2.23. The lowest BCUT2D eigenvalue weighted by Crippen LogP contribution is -2.44. The molecule has 0 unspecified atom stereocenters. The smallest absolute Gasteiger partial charge is 0.241 e. The summed E-state index contributed by atoms with van der Waals surface area (Å²) in [6.45, 7) is 5.71. The molecule has 0 spiro atoms. The van der Waals surface area contributed by atoms with Crippen LogP contribution in [-0.4, -0.2) is 29.9 Å². The number of carbonyl (C=O) groups excluding carboxylic acids is 1. The van der Waals surface area contributed by atoms with Crippen molar-refractivity contribution in [2.75, 3.05) is 18.4 Å². The summed E-state index contributed by atoms with van der Waals surface area (Å²) in [5.74, 6) is -0.387. The van der Waals surface area contributed by atoms with Gasteiger partial charge in [-0.05, 0) is 57.5 Å². The summed E-state index contributed by atoms with van der Waals surface area (Å²) in [5, 5.41) is 2.83. The minimum Gasteiger partial charge on any atom is -0.324 e. The number of amides is 1. The van der Waals surface area contributed by atoms with Gasteiger partial charge in [-0.25, -0.2) is 4.39 Å². The van der Waals surface area contributed by atoms with Gasteiger partial charge >= 0.3 is 0 Å². The molecule has 19 heavy (non-hydrogen) atoms. The van der Waals surface area contributed by atoms with Crippen molar-refractivity contribution in [3.63, 3.8) is 0 Å². The molecule has 1 aliphatic heterocycles. The van der Waals surface area contributed by atoms with E-state index in [1.807, 2.05) is 13.8 Å². The predicted octanol–water partition coefficient (Wildman–Crippen LogP) is 2.95. The Morgan fingerprint density at radius 1 is 1.32 bits per heavy atom. The molecule has 1 aliphatic rings. The second-order valence-corrected chi connectivity index (χ2v) is 5.22. The Bertz CT molecular complexity index is 455. The van der Waals surface area contributed by atoms with E-state index in [0.29, 0.717) is 5.69 Å². The van der Waals surface area contributed by atoms with Gasteiger partial charge < -0.3 is 5.32 Å². The van der Waals surface area contributed by atoms with E-state index in [2.05, 4.69) is 10.2 Å². The van der Waals surface area contributed by atoms with Crippen LogP contribution in [0.15, 0.2) is 18.2 Å². The van der Waals surface area contributed by atoms with E-state index in [1.165, 1.54) is 18.6 Å². The Labute approximate surface area is 113 Å². The van der Waals surface area contributed by atoms with E-state index in [-0.39, 0.29) is 17.8 Å². The van der Waals surface area contributed by atoms with Crippen molar-refractivity contribution in [1.29, 1.82) is 0 Å². The average Bonchev–Trinajstić information content (AvgIpc) is 2.43. The minimum absolute atomic E-state index is 0.0596. The minimum atomic E-state index is -0.327. The van der Waals surface area contributed by atoms with Crippen molar-refractivity contribution < 1.29 is 9.18 Å². The number of carbonyl (C=O) groups is 1. The molecule has 104 valence electrons. The fourth-order valence-electron chi connectivity index (χ4n) is 2.44. The number of nitrogens with one attached hydrogen (secondary N) is 1. The highest BCUT2D eigenvalue weighted by molar-refractivity contribution is 5.95. The maximum Gasteiger partial charge on any atom is 0.241 e. The lowest BCUT2D eigenvalue weighted by atomic mass is 10.1. The molecule has 0 aromatic heterocycles. The van der Waals surface area contributed by atoms with E-state index < -0.39 is 0 Å². The zero-order valence-electron chi connectivity index (χ0n) is 11.6. The zero-order valence-corrected chi connectivity index (χ0v) is 11.6. The molecule has 1 fully saturated rings. The van der Waals surface area contributed by atoms with E-state index in [9.17, 15) is 9.18 Å². The van der Waals surface area contributed by atoms with Crippen LogP contribution >= 0.6 is 0 Å². The molecule has 1 heterocycles. The molecule has 1 amide bonds. The first-order valence-corrected chi connectivity index (χ1v) is 6.89. The number of piperidine rings is 1. The summed E-state index contributed by atoms with van der Waals surface area (Å²) in [6.07, 6.45) is 3.54.